The van der Waals surface area contributed by atoms with E-state index in [1.54, 1.807) is 13.2 Å². The van der Waals surface area contributed by atoms with Crippen LogP contribution in [0.3, 0.4) is 0 Å². The van der Waals surface area contributed by atoms with Crippen molar-refractivity contribution in [1.82, 2.24) is 0 Å². The predicted molar refractivity (Wildman–Crippen MR) is 99.4 cm³/mol. The second-order valence-corrected chi connectivity index (χ2v) is 7.00. The molecular weight excluding hydrogens is 316 g/mol. The van der Waals surface area contributed by atoms with E-state index in [2.05, 4.69) is 0 Å². The minimum atomic E-state index is -0.333. The van der Waals surface area contributed by atoms with Crippen LogP contribution in [0.25, 0.3) is 11.0 Å². The van der Waals surface area contributed by atoms with Crippen LogP contribution in [0.1, 0.15) is 37.8 Å². The van der Waals surface area contributed by atoms with E-state index in [0.717, 1.165) is 11.1 Å². The van der Waals surface area contributed by atoms with Crippen molar-refractivity contribution in [2.45, 2.75) is 39.2 Å². The Bertz CT molecular complexity index is 915. The lowest BCUT2D eigenvalue weighted by atomic mass is 9.90. The summed E-state index contributed by atoms with van der Waals surface area (Å²) in [6.07, 6.45) is 5.93. The first-order valence-corrected chi connectivity index (χ1v) is 8.46. The summed E-state index contributed by atoms with van der Waals surface area (Å²) in [5, 5.41) is 0.633. The van der Waals surface area contributed by atoms with Crippen molar-refractivity contribution in [3.05, 3.63) is 63.4 Å². The van der Waals surface area contributed by atoms with Crippen LogP contribution in [0.4, 0.5) is 0 Å². The third kappa shape index (κ3) is 3.27. The Labute approximate surface area is 147 Å². The Morgan fingerprint density at radius 2 is 2.08 bits per heavy atom. The Kier molecular flexibility index (Phi) is 4.56. The maximum Gasteiger partial charge on any atom is 0.293 e. The number of benzene rings is 1. The molecule has 25 heavy (non-hydrogen) atoms. The van der Waals surface area contributed by atoms with E-state index in [9.17, 15) is 4.79 Å². The van der Waals surface area contributed by atoms with Crippen LogP contribution in [-0.4, -0.2) is 19.3 Å². The smallest absolute Gasteiger partial charge is 0.293 e. The monoisotopic (exact) mass is 340 g/mol. The fourth-order valence-corrected chi connectivity index (χ4v) is 3.00. The molecule has 2 heterocycles. The van der Waals surface area contributed by atoms with Crippen molar-refractivity contribution in [2.24, 2.45) is 0 Å². The number of hydrogen-bond acceptors (Lipinski definition) is 4. The van der Waals surface area contributed by atoms with Gasteiger partial charge in [0, 0.05) is 13.0 Å². The van der Waals surface area contributed by atoms with Gasteiger partial charge in [0.25, 0.3) is 5.95 Å². The summed E-state index contributed by atoms with van der Waals surface area (Å²) in [6.45, 7) is 8.32. The zero-order valence-electron chi connectivity index (χ0n) is 15.4. The zero-order chi connectivity index (χ0) is 18.2. The number of methoxy groups -OCH3 is 1. The summed E-state index contributed by atoms with van der Waals surface area (Å²) < 4.78 is 17.0. The van der Waals surface area contributed by atoms with E-state index in [0.29, 0.717) is 29.1 Å². The molecule has 1 atom stereocenters. The highest BCUT2D eigenvalue weighted by molar-refractivity contribution is 5.81. The van der Waals surface area contributed by atoms with Crippen LogP contribution in [0, 0.1) is 6.92 Å². The van der Waals surface area contributed by atoms with E-state index >= 15 is 0 Å². The Hall–Kier alpha value is -2.33. The third-order valence-electron chi connectivity index (χ3n) is 4.82. The van der Waals surface area contributed by atoms with Crippen LogP contribution in [0.2, 0.25) is 0 Å². The first-order chi connectivity index (χ1) is 11.8. The molecule has 1 aliphatic heterocycles. The molecule has 0 unspecified atom stereocenters. The topological polar surface area (TPSA) is 48.7 Å². The Morgan fingerprint density at radius 1 is 1.32 bits per heavy atom. The van der Waals surface area contributed by atoms with Crippen molar-refractivity contribution < 1.29 is 13.9 Å². The molecule has 2 aromatic rings. The van der Waals surface area contributed by atoms with E-state index in [4.69, 9.17) is 13.9 Å². The minimum absolute atomic E-state index is 0.00588. The molecule has 0 bridgehead atoms. The molecule has 1 aromatic carbocycles. The van der Waals surface area contributed by atoms with Gasteiger partial charge in [-0.05, 0) is 38.0 Å². The average Bonchev–Trinajstić information content (AvgIpc) is 2.56. The fourth-order valence-electron chi connectivity index (χ4n) is 3.00. The van der Waals surface area contributed by atoms with Crippen molar-refractivity contribution in [1.29, 1.82) is 0 Å². The predicted octanol–water partition coefficient (Wildman–Crippen LogP) is 4.50. The van der Waals surface area contributed by atoms with Crippen LogP contribution in [-0.2, 0) is 4.74 Å². The summed E-state index contributed by atoms with van der Waals surface area (Å²) in [5.41, 5.74) is 2.78. The van der Waals surface area contributed by atoms with E-state index in [1.807, 2.05) is 58.1 Å². The molecule has 0 radical (unpaired) electrons. The molecule has 3 rings (SSSR count). The molecule has 0 spiro atoms. The quantitative estimate of drug-likeness (QED) is 0.825. The molecule has 4 nitrogen and oxygen atoms in total. The van der Waals surface area contributed by atoms with E-state index < -0.39 is 0 Å². The van der Waals surface area contributed by atoms with Gasteiger partial charge >= 0.3 is 0 Å². The van der Waals surface area contributed by atoms with Crippen LogP contribution in [0.5, 0.6) is 5.95 Å². The van der Waals surface area contributed by atoms with Gasteiger partial charge in [0.15, 0.2) is 0 Å². The van der Waals surface area contributed by atoms with Gasteiger partial charge in [0.2, 0.25) is 5.43 Å². The lowest BCUT2D eigenvalue weighted by molar-refractivity contribution is 0.0656. The van der Waals surface area contributed by atoms with Gasteiger partial charge in [-0.3, -0.25) is 4.79 Å². The van der Waals surface area contributed by atoms with Gasteiger partial charge in [-0.2, -0.15) is 0 Å². The molecule has 0 saturated heterocycles. The SMILES string of the molecule is COC(C)(C)C=CC=C1COc2oc3cccc(C)c3c(=O)c2[C@@H]1C. The van der Waals surface area contributed by atoms with Crippen LogP contribution in [0.15, 0.2) is 51.2 Å². The second kappa shape index (κ2) is 6.52. The standard InChI is InChI=1S/C21H24O4/c1-13-8-6-10-16-17(13)19(22)18-14(2)15(12-24-20(18)25-16)9-7-11-21(3,4)23-5/h6-11,14H,12H2,1-5H3/t14-/m1/s1. The van der Waals surface area contributed by atoms with Crippen molar-refractivity contribution in [3.8, 4) is 5.95 Å². The van der Waals surface area contributed by atoms with Gasteiger partial charge in [0.1, 0.15) is 12.2 Å². The van der Waals surface area contributed by atoms with Gasteiger partial charge < -0.3 is 13.9 Å². The summed E-state index contributed by atoms with van der Waals surface area (Å²) in [4.78, 5) is 13.0. The number of allylic oxidation sites excluding steroid dienone is 2. The molecule has 0 aliphatic carbocycles. The first kappa shape index (κ1) is 17.5. The number of ether oxygens (including phenoxy) is 2. The maximum atomic E-state index is 13.0. The molecule has 132 valence electrons. The minimum Gasteiger partial charge on any atom is -0.460 e. The number of aryl methyl sites for hydroxylation is 1. The lowest BCUT2D eigenvalue weighted by Gasteiger charge is -2.24. The van der Waals surface area contributed by atoms with Crippen LogP contribution >= 0.6 is 0 Å². The molecule has 4 heteroatoms. The van der Waals surface area contributed by atoms with E-state index in [1.165, 1.54) is 0 Å². The number of hydrogen-bond donors (Lipinski definition) is 0. The Morgan fingerprint density at radius 3 is 2.80 bits per heavy atom. The molecule has 0 N–H and O–H groups in total. The zero-order valence-corrected chi connectivity index (χ0v) is 15.4. The second-order valence-electron chi connectivity index (χ2n) is 7.00. The highest BCUT2D eigenvalue weighted by Crippen LogP contribution is 2.36. The summed E-state index contributed by atoms with van der Waals surface area (Å²) in [7, 11) is 1.68. The van der Waals surface area contributed by atoms with Gasteiger partial charge in [-0.1, -0.05) is 37.3 Å². The largest absolute Gasteiger partial charge is 0.460 e. The van der Waals surface area contributed by atoms with Gasteiger partial charge in [-0.15, -0.1) is 0 Å². The molecular formula is C21H24O4. The highest BCUT2D eigenvalue weighted by Gasteiger charge is 2.28. The lowest BCUT2D eigenvalue weighted by Crippen LogP contribution is -2.23. The van der Waals surface area contributed by atoms with Gasteiger partial charge in [0.05, 0.1) is 16.6 Å². The number of fused-ring (bicyclic) bond motifs is 2. The number of rotatable bonds is 3. The highest BCUT2D eigenvalue weighted by atomic mass is 16.6. The molecule has 1 aliphatic rings. The average molecular weight is 340 g/mol. The summed E-state index contributed by atoms with van der Waals surface area (Å²) >= 11 is 0. The summed E-state index contributed by atoms with van der Waals surface area (Å²) in [5.74, 6) is 0.285. The fraction of sp³-hybridized carbons (Fsp3) is 0.381. The van der Waals surface area contributed by atoms with Crippen molar-refractivity contribution in [2.75, 3.05) is 13.7 Å². The van der Waals surface area contributed by atoms with E-state index in [-0.39, 0.29) is 16.9 Å². The molecule has 0 fully saturated rings. The Balaban J connectivity index is 2.04. The normalized spacial score (nSPS) is 19.4. The van der Waals surface area contributed by atoms with Crippen molar-refractivity contribution >= 4 is 11.0 Å². The summed E-state index contributed by atoms with van der Waals surface area (Å²) in [6, 6.07) is 5.61. The van der Waals surface area contributed by atoms with Crippen LogP contribution < -0.4 is 10.2 Å². The molecule has 1 aromatic heterocycles. The first-order valence-electron chi connectivity index (χ1n) is 8.46. The molecule has 0 amide bonds. The third-order valence-corrected chi connectivity index (χ3v) is 4.82. The van der Waals surface area contributed by atoms with Gasteiger partial charge in [-0.25, -0.2) is 0 Å². The maximum absolute atomic E-state index is 13.0. The molecule has 0 saturated carbocycles. The van der Waals surface area contributed by atoms with Crippen molar-refractivity contribution in [3.63, 3.8) is 0 Å².